The van der Waals surface area contributed by atoms with Crippen LogP contribution in [-0.2, 0) is 15.3 Å². The highest BCUT2D eigenvalue weighted by Crippen LogP contribution is 2.27. The maximum Gasteiger partial charge on any atom is 0.358 e. The summed E-state index contributed by atoms with van der Waals surface area (Å²) in [5.41, 5.74) is 0.399. The standard InChI is InChI=1S/C14H17N3O4S/c1-14(2,3)12-11(13(18)19)15-16-17(12)9-5-7-10(8-6-9)22(4,20)21/h5-8H,1-4H3,(H,18,19). The van der Waals surface area contributed by atoms with E-state index in [2.05, 4.69) is 10.3 Å². The van der Waals surface area contributed by atoms with Crippen LogP contribution >= 0.6 is 0 Å². The molecule has 0 saturated heterocycles. The van der Waals surface area contributed by atoms with E-state index in [0.717, 1.165) is 6.26 Å². The monoisotopic (exact) mass is 323 g/mol. The van der Waals surface area contributed by atoms with Crippen molar-refractivity contribution in [2.75, 3.05) is 6.26 Å². The minimum absolute atomic E-state index is 0.111. The summed E-state index contributed by atoms with van der Waals surface area (Å²) in [6.45, 7) is 5.58. The third-order valence-electron chi connectivity index (χ3n) is 3.09. The van der Waals surface area contributed by atoms with E-state index in [1.165, 1.54) is 16.8 Å². The number of carboxylic acid groups (broad SMARTS) is 1. The quantitative estimate of drug-likeness (QED) is 0.921. The Labute approximate surface area is 128 Å². The molecule has 2 rings (SSSR count). The van der Waals surface area contributed by atoms with Crippen molar-refractivity contribution in [1.29, 1.82) is 0 Å². The molecular weight excluding hydrogens is 306 g/mol. The highest BCUT2D eigenvalue weighted by atomic mass is 32.2. The summed E-state index contributed by atoms with van der Waals surface area (Å²) in [6.07, 6.45) is 1.13. The van der Waals surface area contributed by atoms with E-state index >= 15 is 0 Å². The first-order valence-electron chi connectivity index (χ1n) is 6.52. The second-order valence-corrected chi connectivity index (χ2v) is 8.04. The number of aromatic nitrogens is 3. The first-order valence-corrected chi connectivity index (χ1v) is 8.41. The second kappa shape index (κ2) is 5.20. The van der Waals surface area contributed by atoms with Crippen LogP contribution in [0.3, 0.4) is 0 Å². The summed E-state index contributed by atoms with van der Waals surface area (Å²) < 4.78 is 24.4. The Balaban J connectivity index is 2.61. The normalized spacial score (nSPS) is 12.4. The zero-order valence-electron chi connectivity index (χ0n) is 12.7. The molecule has 0 aliphatic carbocycles. The van der Waals surface area contributed by atoms with Crippen LogP contribution in [0.25, 0.3) is 5.69 Å². The fourth-order valence-corrected chi connectivity index (χ4v) is 2.74. The first-order chi connectivity index (χ1) is 10.0. The molecule has 0 fully saturated rings. The van der Waals surface area contributed by atoms with E-state index in [1.54, 1.807) is 12.1 Å². The van der Waals surface area contributed by atoms with Crippen molar-refractivity contribution in [1.82, 2.24) is 15.0 Å². The molecule has 118 valence electrons. The zero-order chi connectivity index (χ0) is 16.7. The third kappa shape index (κ3) is 3.01. The molecule has 1 aromatic carbocycles. The van der Waals surface area contributed by atoms with E-state index < -0.39 is 21.2 Å². The summed E-state index contributed by atoms with van der Waals surface area (Å²) in [5.74, 6) is -1.15. The van der Waals surface area contributed by atoms with Crippen LogP contribution in [0.4, 0.5) is 0 Å². The topological polar surface area (TPSA) is 102 Å². The lowest BCUT2D eigenvalue weighted by molar-refractivity contribution is 0.0687. The van der Waals surface area contributed by atoms with Crippen molar-refractivity contribution in [3.05, 3.63) is 35.7 Å². The fraction of sp³-hybridized carbons (Fsp3) is 0.357. The lowest BCUT2D eigenvalue weighted by atomic mass is 9.90. The number of aromatic carboxylic acids is 1. The molecule has 22 heavy (non-hydrogen) atoms. The molecule has 0 amide bonds. The smallest absolute Gasteiger partial charge is 0.358 e. The van der Waals surface area contributed by atoms with Crippen LogP contribution in [0.15, 0.2) is 29.2 Å². The number of rotatable bonds is 3. The lowest BCUT2D eigenvalue weighted by Crippen LogP contribution is -2.21. The number of hydrogen-bond acceptors (Lipinski definition) is 5. The van der Waals surface area contributed by atoms with Gasteiger partial charge < -0.3 is 5.11 Å². The summed E-state index contributed by atoms with van der Waals surface area (Å²) >= 11 is 0. The first kappa shape index (κ1) is 16.2. The maximum absolute atomic E-state index is 11.5. The van der Waals surface area contributed by atoms with Crippen molar-refractivity contribution in [2.45, 2.75) is 31.1 Å². The van der Waals surface area contributed by atoms with Crippen molar-refractivity contribution in [2.24, 2.45) is 0 Å². The number of carboxylic acids is 1. The molecule has 1 N–H and O–H groups in total. The lowest BCUT2D eigenvalue weighted by Gasteiger charge is -2.20. The van der Waals surface area contributed by atoms with Crippen molar-refractivity contribution in [3.63, 3.8) is 0 Å². The van der Waals surface area contributed by atoms with E-state index in [-0.39, 0.29) is 10.6 Å². The predicted octanol–water partition coefficient (Wildman–Crippen LogP) is 1.67. The van der Waals surface area contributed by atoms with Gasteiger partial charge >= 0.3 is 5.97 Å². The molecule has 1 aromatic heterocycles. The van der Waals surface area contributed by atoms with Crippen LogP contribution in [0.1, 0.15) is 37.0 Å². The number of benzene rings is 1. The molecule has 0 bridgehead atoms. The predicted molar refractivity (Wildman–Crippen MR) is 80.1 cm³/mol. The Bertz CT molecular complexity index is 815. The molecule has 0 radical (unpaired) electrons. The molecule has 0 unspecified atom stereocenters. The van der Waals surface area contributed by atoms with E-state index in [1.807, 2.05) is 20.8 Å². The Morgan fingerprint density at radius 1 is 1.18 bits per heavy atom. The van der Waals surface area contributed by atoms with Crippen molar-refractivity contribution >= 4 is 15.8 Å². The van der Waals surface area contributed by atoms with E-state index in [4.69, 9.17) is 0 Å². The number of nitrogens with zero attached hydrogens (tertiary/aromatic N) is 3. The number of carbonyl (C=O) groups is 1. The van der Waals surface area contributed by atoms with Gasteiger partial charge in [-0.1, -0.05) is 26.0 Å². The fourth-order valence-electron chi connectivity index (χ4n) is 2.11. The van der Waals surface area contributed by atoms with Gasteiger partial charge in [-0.3, -0.25) is 0 Å². The van der Waals surface area contributed by atoms with Crippen molar-refractivity contribution in [3.8, 4) is 5.69 Å². The van der Waals surface area contributed by atoms with Gasteiger partial charge in [0.25, 0.3) is 0 Å². The van der Waals surface area contributed by atoms with Gasteiger partial charge in [0.05, 0.1) is 16.3 Å². The highest BCUT2D eigenvalue weighted by Gasteiger charge is 2.29. The largest absolute Gasteiger partial charge is 0.476 e. The molecule has 0 saturated carbocycles. The Kier molecular flexibility index (Phi) is 3.82. The summed E-state index contributed by atoms with van der Waals surface area (Å²) in [5, 5.41) is 16.9. The molecular formula is C14H17N3O4S. The molecule has 0 spiro atoms. The summed E-state index contributed by atoms with van der Waals surface area (Å²) in [6, 6.07) is 6.07. The van der Waals surface area contributed by atoms with Gasteiger partial charge in [-0.25, -0.2) is 17.9 Å². The van der Waals surface area contributed by atoms with E-state index in [9.17, 15) is 18.3 Å². The van der Waals surface area contributed by atoms with Crippen LogP contribution < -0.4 is 0 Å². The maximum atomic E-state index is 11.5. The highest BCUT2D eigenvalue weighted by molar-refractivity contribution is 7.90. The van der Waals surface area contributed by atoms with Gasteiger partial charge in [0, 0.05) is 11.7 Å². The van der Waals surface area contributed by atoms with Gasteiger partial charge in [-0.2, -0.15) is 0 Å². The Hall–Kier alpha value is -2.22. The van der Waals surface area contributed by atoms with Crippen molar-refractivity contribution < 1.29 is 18.3 Å². The minimum atomic E-state index is -3.29. The van der Waals surface area contributed by atoms with Gasteiger partial charge in [-0.15, -0.1) is 5.10 Å². The zero-order valence-corrected chi connectivity index (χ0v) is 13.5. The molecule has 8 heteroatoms. The average Bonchev–Trinajstić information content (AvgIpc) is 2.82. The number of sulfone groups is 1. The van der Waals surface area contributed by atoms with Crippen LogP contribution in [0.2, 0.25) is 0 Å². The van der Waals surface area contributed by atoms with Gasteiger partial charge in [-0.05, 0) is 24.3 Å². The molecule has 0 aliphatic rings. The van der Waals surface area contributed by atoms with Crippen LogP contribution in [-0.4, -0.2) is 40.7 Å². The van der Waals surface area contributed by atoms with Crippen LogP contribution in [0, 0.1) is 0 Å². The third-order valence-corrected chi connectivity index (χ3v) is 4.22. The average molecular weight is 323 g/mol. The van der Waals surface area contributed by atoms with Gasteiger partial charge in [0.15, 0.2) is 15.5 Å². The Morgan fingerprint density at radius 2 is 1.73 bits per heavy atom. The van der Waals surface area contributed by atoms with E-state index in [0.29, 0.717) is 11.4 Å². The van der Waals surface area contributed by atoms with Gasteiger partial charge in [0.2, 0.25) is 0 Å². The minimum Gasteiger partial charge on any atom is -0.476 e. The van der Waals surface area contributed by atoms with Crippen LogP contribution in [0.5, 0.6) is 0 Å². The SMILES string of the molecule is CC(C)(C)c1c(C(=O)O)nnn1-c1ccc(S(C)(=O)=O)cc1. The Morgan fingerprint density at radius 3 is 2.14 bits per heavy atom. The number of hydrogen-bond donors (Lipinski definition) is 1. The summed E-state index contributed by atoms with van der Waals surface area (Å²) in [4.78, 5) is 11.5. The molecule has 0 aliphatic heterocycles. The molecule has 0 atom stereocenters. The summed E-state index contributed by atoms with van der Waals surface area (Å²) in [7, 11) is -3.29. The molecule has 7 nitrogen and oxygen atoms in total. The molecule has 1 heterocycles. The second-order valence-electron chi connectivity index (χ2n) is 6.02. The van der Waals surface area contributed by atoms with Gasteiger partial charge in [0.1, 0.15) is 0 Å². The molecule has 2 aromatic rings.